The van der Waals surface area contributed by atoms with E-state index in [0.29, 0.717) is 17.8 Å². The predicted molar refractivity (Wildman–Crippen MR) is 114 cm³/mol. The molecule has 0 spiro atoms. The maximum Gasteiger partial charge on any atom is 0.416 e. The summed E-state index contributed by atoms with van der Waals surface area (Å²) in [6, 6.07) is 11.2. The molecule has 1 aliphatic rings. The van der Waals surface area contributed by atoms with Crippen molar-refractivity contribution in [3.05, 3.63) is 93.6 Å². The molecule has 7 heteroatoms. The number of halogens is 4. The molecule has 32 heavy (non-hydrogen) atoms. The highest BCUT2D eigenvalue weighted by Gasteiger charge is 2.30. The van der Waals surface area contributed by atoms with E-state index in [2.05, 4.69) is 5.32 Å². The summed E-state index contributed by atoms with van der Waals surface area (Å²) in [5.41, 5.74) is 3.99. The van der Waals surface area contributed by atoms with Crippen LogP contribution in [0.15, 0.2) is 48.5 Å². The van der Waals surface area contributed by atoms with Crippen molar-refractivity contribution in [1.29, 1.82) is 0 Å². The van der Waals surface area contributed by atoms with Gasteiger partial charge in [0.1, 0.15) is 11.5 Å². The fraction of sp³-hybridized carbons (Fsp3) is 0.320. The van der Waals surface area contributed by atoms with Crippen molar-refractivity contribution in [1.82, 2.24) is 9.88 Å². The van der Waals surface area contributed by atoms with Crippen LogP contribution in [0.3, 0.4) is 0 Å². The molecule has 0 bridgehead atoms. The van der Waals surface area contributed by atoms with Crippen molar-refractivity contribution >= 4 is 5.91 Å². The molecule has 0 saturated carbocycles. The quantitative estimate of drug-likeness (QED) is 0.495. The van der Waals surface area contributed by atoms with Crippen LogP contribution in [0.25, 0.3) is 0 Å². The summed E-state index contributed by atoms with van der Waals surface area (Å²) >= 11 is 0. The van der Waals surface area contributed by atoms with Crippen LogP contribution in [0.5, 0.6) is 0 Å². The summed E-state index contributed by atoms with van der Waals surface area (Å²) in [5.74, 6) is -0.679. The smallest absolute Gasteiger partial charge is 0.347 e. The Kier molecular flexibility index (Phi) is 6.09. The number of benzene rings is 2. The van der Waals surface area contributed by atoms with Gasteiger partial charge in [0, 0.05) is 18.8 Å². The fourth-order valence-corrected chi connectivity index (χ4v) is 4.48. The van der Waals surface area contributed by atoms with Gasteiger partial charge in [-0.2, -0.15) is 13.2 Å². The molecule has 1 aliphatic carbocycles. The largest absolute Gasteiger partial charge is 0.416 e. The molecule has 3 nitrogen and oxygen atoms in total. The lowest BCUT2D eigenvalue weighted by Crippen LogP contribution is -2.27. The topological polar surface area (TPSA) is 34.0 Å². The minimum atomic E-state index is -4.44. The van der Waals surface area contributed by atoms with Crippen molar-refractivity contribution in [3.8, 4) is 0 Å². The number of aromatic nitrogens is 1. The lowest BCUT2D eigenvalue weighted by atomic mass is 9.95. The third-order valence-corrected chi connectivity index (χ3v) is 5.99. The summed E-state index contributed by atoms with van der Waals surface area (Å²) in [7, 11) is 0. The summed E-state index contributed by atoms with van der Waals surface area (Å²) in [5, 5.41) is 2.78. The molecular formula is C25H24F4N2O. The Morgan fingerprint density at radius 3 is 2.50 bits per heavy atom. The molecule has 0 aliphatic heterocycles. The first-order valence-electron chi connectivity index (χ1n) is 10.6. The average molecular weight is 444 g/mol. The number of nitrogens with one attached hydrogen (secondary N) is 1. The Morgan fingerprint density at radius 2 is 1.75 bits per heavy atom. The number of hydrogen-bond donors (Lipinski definition) is 1. The Bertz CT molecular complexity index is 1150. The van der Waals surface area contributed by atoms with Gasteiger partial charge in [0.05, 0.1) is 5.56 Å². The zero-order chi connectivity index (χ0) is 22.9. The number of carbonyl (C=O) groups excluding carboxylic acids is 1. The molecule has 1 N–H and O–H groups in total. The second-order valence-electron chi connectivity index (χ2n) is 8.20. The normalized spacial score (nSPS) is 13.7. The van der Waals surface area contributed by atoms with E-state index in [9.17, 15) is 22.4 Å². The number of fused-ring (bicyclic) bond motifs is 1. The number of rotatable bonds is 5. The lowest BCUT2D eigenvalue weighted by Gasteiger charge is -2.17. The molecule has 1 heterocycles. The van der Waals surface area contributed by atoms with E-state index < -0.39 is 11.7 Å². The fourth-order valence-electron chi connectivity index (χ4n) is 4.48. The second kappa shape index (κ2) is 8.81. The van der Waals surface area contributed by atoms with Gasteiger partial charge in [-0.1, -0.05) is 24.3 Å². The third kappa shape index (κ3) is 4.56. The van der Waals surface area contributed by atoms with Crippen molar-refractivity contribution in [2.75, 3.05) is 0 Å². The number of amides is 1. The zero-order valence-corrected chi connectivity index (χ0v) is 17.7. The van der Waals surface area contributed by atoms with E-state index in [1.54, 1.807) is 12.1 Å². The van der Waals surface area contributed by atoms with E-state index >= 15 is 0 Å². The van der Waals surface area contributed by atoms with E-state index in [1.807, 2.05) is 17.6 Å². The van der Waals surface area contributed by atoms with Crippen LogP contribution in [-0.2, 0) is 32.1 Å². The van der Waals surface area contributed by atoms with Crippen molar-refractivity contribution in [2.45, 2.75) is 51.9 Å². The Hall–Kier alpha value is -3.09. The number of carbonyl (C=O) groups is 1. The predicted octanol–water partition coefficient (Wildman–Crippen LogP) is 5.81. The molecule has 2 aromatic carbocycles. The van der Waals surface area contributed by atoms with Crippen molar-refractivity contribution in [2.24, 2.45) is 0 Å². The monoisotopic (exact) mass is 444 g/mol. The molecule has 0 atom stereocenters. The Balaban J connectivity index is 1.62. The van der Waals surface area contributed by atoms with Crippen LogP contribution >= 0.6 is 0 Å². The van der Waals surface area contributed by atoms with E-state index in [1.165, 1.54) is 18.2 Å². The Labute approximate surface area is 184 Å². The van der Waals surface area contributed by atoms with Crippen LogP contribution in [0.2, 0.25) is 0 Å². The summed E-state index contributed by atoms with van der Waals surface area (Å²) in [6.45, 7) is 2.25. The average Bonchev–Trinajstić information content (AvgIpc) is 3.04. The van der Waals surface area contributed by atoms with Gasteiger partial charge in [-0.25, -0.2) is 4.39 Å². The molecule has 1 aromatic heterocycles. The summed E-state index contributed by atoms with van der Waals surface area (Å²) < 4.78 is 54.6. The maximum absolute atomic E-state index is 13.7. The second-order valence-corrected chi connectivity index (χ2v) is 8.20. The van der Waals surface area contributed by atoms with Crippen LogP contribution in [-0.4, -0.2) is 10.5 Å². The summed E-state index contributed by atoms with van der Waals surface area (Å²) in [4.78, 5) is 13.2. The molecule has 168 valence electrons. The molecular weight excluding hydrogens is 420 g/mol. The van der Waals surface area contributed by atoms with Crippen LogP contribution in [0.1, 0.15) is 56.8 Å². The molecule has 0 radical (unpaired) electrons. The third-order valence-electron chi connectivity index (χ3n) is 5.99. The molecule has 3 aromatic rings. The first-order chi connectivity index (χ1) is 15.2. The minimum absolute atomic E-state index is 0.0159. The number of hydrogen-bond acceptors (Lipinski definition) is 1. The zero-order valence-electron chi connectivity index (χ0n) is 17.7. The molecule has 4 rings (SSSR count). The summed E-state index contributed by atoms with van der Waals surface area (Å²) in [6.07, 6.45) is -0.652. The van der Waals surface area contributed by atoms with E-state index in [-0.39, 0.29) is 18.3 Å². The molecule has 0 fully saturated rings. The van der Waals surface area contributed by atoms with Gasteiger partial charge in [-0.3, -0.25) is 4.79 Å². The van der Waals surface area contributed by atoms with Crippen LogP contribution < -0.4 is 5.32 Å². The number of nitrogens with zero attached hydrogens (tertiary/aromatic N) is 1. The number of alkyl halides is 3. The Morgan fingerprint density at radius 1 is 1.03 bits per heavy atom. The highest BCUT2D eigenvalue weighted by Crippen LogP contribution is 2.31. The van der Waals surface area contributed by atoms with Gasteiger partial charge in [-0.15, -0.1) is 0 Å². The molecule has 1 amide bonds. The molecule has 0 unspecified atom stereocenters. The van der Waals surface area contributed by atoms with Crippen LogP contribution in [0, 0.1) is 12.7 Å². The van der Waals surface area contributed by atoms with Gasteiger partial charge in [0.2, 0.25) is 0 Å². The van der Waals surface area contributed by atoms with Gasteiger partial charge in [-0.05, 0) is 79.1 Å². The van der Waals surface area contributed by atoms with Crippen LogP contribution in [0.4, 0.5) is 17.6 Å². The van der Waals surface area contributed by atoms with E-state index in [0.717, 1.165) is 60.2 Å². The van der Waals surface area contributed by atoms with Gasteiger partial charge < -0.3 is 9.88 Å². The van der Waals surface area contributed by atoms with Gasteiger partial charge >= 0.3 is 6.18 Å². The van der Waals surface area contributed by atoms with E-state index in [4.69, 9.17) is 0 Å². The standard InChI is InChI=1S/C25H24F4N2O/c1-16-21-10-2-3-11-22(21)31(15-18-7-5-9-20(26)13-18)23(16)24(32)30-14-17-6-4-8-19(12-17)25(27,28)29/h4-9,12-13H,2-3,10-11,14-15H2,1H3,(H,30,32). The molecule has 0 saturated heterocycles. The lowest BCUT2D eigenvalue weighted by molar-refractivity contribution is -0.137. The van der Waals surface area contributed by atoms with Gasteiger partial charge in [0.15, 0.2) is 0 Å². The maximum atomic E-state index is 13.7. The highest BCUT2D eigenvalue weighted by atomic mass is 19.4. The first-order valence-corrected chi connectivity index (χ1v) is 10.6. The first kappa shape index (κ1) is 22.1. The van der Waals surface area contributed by atoms with Gasteiger partial charge in [0.25, 0.3) is 5.91 Å². The van der Waals surface area contributed by atoms with Crippen molar-refractivity contribution in [3.63, 3.8) is 0 Å². The highest BCUT2D eigenvalue weighted by molar-refractivity contribution is 5.95. The minimum Gasteiger partial charge on any atom is -0.347 e. The van der Waals surface area contributed by atoms with Crippen molar-refractivity contribution < 1.29 is 22.4 Å². The SMILES string of the molecule is Cc1c2c(n(Cc3cccc(F)c3)c1C(=O)NCc1cccc(C(F)(F)F)c1)CCCC2.